The predicted molar refractivity (Wildman–Crippen MR) is 85.5 cm³/mol. The van der Waals surface area contributed by atoms with Gasteiger partial charge in [0.15, 0.2) is 6.04 Å². The number of carbonyl (C=O) groups is 1. The average Bonchev–Trinajstić information content (AvgIpc) is 3.10. The Morgan fingerprint density at radius 3 is 2.45 bits per heavy atom. The molecular formula is C17H22N4O. The van der Waals surface area contributed by atoms with Gasteiger partial charge in [-0.15, -0.1) is 0 Å². The zero-order valence-corrected chi connectivity index (χ0v) is 12.9. The Morgan fingerprint density at radius 2 is 1.86 bits per heavy atom. The van der Waals surface area contributed by atoms with Gasteiger partial charge in [-0.25, -0.2) is 0 Å². The summed E-state index contributed by atoms with van der Waals surface area (Å²) >= 11 is 0. The minimum Gasteiger partial charge on any atom is -0.338 e. The van der Waals surface area contributed by atoms with Crippen LogP contribution in [0.3, 0.4) is 0 Å². The molecule has 1 aromatic carbocycles. The Labute approximate surface area is 131 Å². The molecule has 0 spiro atoms. The summed E-state index contributed by atoms with van der Waals surface area (Å²) in [5.41, 5.74) is 0.981. The van der Waals surface area contributed by atoms with Gasteiger partial charge >= 0.3 is 0 Å². The van der Waals surface area contributed by atoms with Crippen LogP contribution >= 0.6 is 0 Å². The molecule has 1 aromatic heterocycles. The molecule has 1 atom stereocenters. The van der Waals surface area contributed by atoms with Gasteiger partial charge in [-0.2, -0.15) is 5.10 Å². The van der Waals surface area contributed by atoms with Crippen LogP contribution in [0.5, 0.6) is 0 Å². The van der Waals surface area contributed by atoms with Crippen molar-refractivity contribution in [2.75, 3.05) is 32.7 Å². The van der Waals surface area contributed by atoms with E-state index in [4.69, 9.17) is 0 Å². The highest BCUT2D eigenvalue weighted by Gasteiger charge is 2.29. The number of amides is 1. The summed E-state index contributed by atoms with van der Waals surface area (Å²) in [5, 5.41) is 4.30. The van der Waals surface area contributed by atoms with E-state index in [1.165, 1.54) is 0 Å². The number of piperazine rings is 1. The largest absolute Gasteiger partial charge is 0.338 e. The van der Waals surface area contributed by atoms with Crippen molar-refractivity contribution in [2.24, 2.45) is 0 Å². The maximum Gasteiger partial charge on any atom is 0.252 e. The zero-order valence-electron chi connectivity index (χ0n) is 12.9. The van der Waals surface area contributed by atoms with Crippen molar-refractivity contribution in [3.8, 4) is 0 Å². The van der Waals surface area contributed by atoms with Crippen LogP contribution in [0.15, 0.2) is 48.8 Å². The normalized spacial score (nSPS) is 17.4. The van der Waals surface area contributed by atoms with E-state index in [2.05, 4.69) is 16.9 Å². The Hall–Kier alpha value is -2.14. The number of hydrogen-bond donors (Lipinski definition) is 0. The Bertz CT molecular complexity index is 588. The van der Waals surface area contributed by atoms with E-state index in [1.807, 2.05) is 47.5 Å². The fourth-order valence-corrected chi connectivity index (χ4v) is 2.93. The first kappa shape index (κ1) is 14.8. The second-order valence-electron chi connectivity index (χ2n) is 5.56. The number of carbonyl (C=O) groups excluding carboxylic acids is 1. The summed E-state index contributed by atoms with van der Waals surface area (Å²) in [6.07, 6.45) is 3.58. The number of benzene rings is 1. The lowest BCUT2D eigenvalue weighted by Crippen LogP contribution is -2.50. The summed E-state index contributed by atoms with van der Waals surface area (Å²) in [6, 6.07) is 11.4. The topological polar surface area (TPSA) is 41.4 Å². The second kappa shape index (κ2) is 6.75. The van der Waals surface area contributed by atoms with Crippen molar-refractivity contribution in [3.63, 3.8) is 0 Å². The minimum absolute atomic E-state index is 0.130. The number of nitrogens with zero attached hydrogens (tertiary/aromatic N) is 4. The molecule has 5 nitrogen and oxygen atoms in total. The van der Waals surface area contributed by atoms with Crippen LogP contribution in [0, 0.1) is 0 Å². The van der Waals surface area contributed by atoms with Crippen LogP contribution < -0.4 is 0 Å². The number of hydrogen-bond acceptors (Lipinski definition) is 3. The summed E-state index contributed by atoms with van der Waals surface area (Å²) in [7, 11) is 0. The van der Waals surface area contributed by atoms with E-state index in [-0.39, 0.29) is 11.9 Å². The van der Waals surface area contributed by atoms with Crippen LogP contribution in [-0.4, -0.2) is 58.2 Å². The molecule has 1 saturated heterocycles. The molecule has 3 rings (SSSR count). The molecule has 0 saturated carbocycles. The van der Waals surface area contributed by atoms with Crippen LogP contribution in [0.25, 0.3) is 0 Å². The zero-order chi connectivity index (χ0) is 15.4. The lowest BCUT2D eigenvalue weighted by atomic mass is 10.1. The van der Waals surface area contributed by atoms with E-state index in [1.54, 1.807) is 10.9 Å². The molecule has 1 fully saturated rings. The van der Waals surface area contributed by atoms with Crippen LogP contribution in [-0.2, 0) is 4.79 Å². The van der Waals surface area contributed by atoms with E-state index >= 15 is 0 Å². The lowest BCUT2D eigenvalue weighted by Gasteiger charge is -2.36. The van der Waals surface area contributed by atoms with E-state index < -0.39 is 0 Å². The first-order chi connectivity index (χ1) is 10.8. The first-order valence-electron chi connectivity index (χ1n) is 7.85. The highest BCUT2D eigenvalue weighted by Crippen LogP contribution is 2.21. The smallest absolute Gasteiger partial charge is 0.252 e. The fourth-order valence-electron chi connectivity index (χ4n) is 2.93. The predicted octanol–water partition coefficient (Wildman–Crippen LogP) is 1.64. The first-order valence-corrected chi connectivity index (χ1v) is 7.85. The quantitative estimate of drug-likeness (QED) is 0.861. The van der Waals surface area contributed by atoms with Crippen LogP contribution in [0.4, 0.5) is 0 Å². The standard InChI is InChI=1S/C17H22N4O/c1-2-19-11-13-20(14-12-19)17(22)16(21-10-6-9-18-21)15-7-4-3-5-8-15/h3-10,16H,2,11-14H2,1H3. The molecule has 1 aliphatic heterocycles. The maximum atomic E-state index is 13.0. The molecular weight excluding hydrogens is 276 g/mol. The highest BCUT2D eigenvalue weighted by molar-refractivity contribution is 5.83. The molecule has 1 amide bonds. The summed E-state index contributed by atoms with van der Waals surface area (Å²) < 4.78 is 1.75. The third-order valence-corrected chi connectivity index (χ3v) is 4.27. The van der Waals surface area contributed by atoms with E-state index in [9.17, 15) is 4.79 Å². The third kappa shape index (κ3) is 3.04. The SMILES string of the molecule is CCN1CCN(C(=O)C(c2ccccc2)n2cccn2)CC1. The number of aromatic nitrogens is 2. The molecule has 1 unspecified atom stereocenters. The molecule has 5 heteroatoms. The van der Waals surface area contributed by atoms with Crippen molar-refractivity contribution in [3.05, 3.63) is 54.4 Å². The molecule has 1 aliphatic rings. The Morgan fingerprint density at radius 1 is 1.14 bits per heavy atom. The third-order valence-electron chi connectivity index (χ3n) is 4.27. The van der Waals surface area contributed by atoms with Crippen LogP contribution in [0.2, 0.25) is 0 Å². The Balaban J connectivity index is 1.82. The van der Waals surface area contributed by atoms with Gasteiger partial charge in [0.25, 0.3) is 5.91 Å². The van der Waals surface area contributed by atoms with Crippen molar-refractivity contribution in [2.45, 2.75) is 13.0 Å². The lowest BCUT2D eigenvalue weighted by molar-refractivity contribution is -0.135. The molecule has 0 radical (unpaired) electrons. The van der Waals surface area contributed by atoms with Gasteiger partial charge in [0.2, 0.25) is 0 Å². The van der Waals surface area contributed by atoms with Crippen molar-refractivity contribution in [1.82, 2.24) is 19.6 Å². The van der Waals surface area contributed by atoms with Gasteiger partial charge < -0.3 is 9.80 Å². The van der Waals surface area contributed by atoms with Gasteiger partial charge in [-0.1, -0.05) is 37.3 Å². The molecule has 2 heterocycles. The van der Waals surface area contributed by atoms with Crippen molar-refractivity contribution in [1.29, 1.82) is 0 Å². The molecule has 0 aliphatic carbocycles. The van der Waals surface area contributed by atoms with Gasteiger partial charge in [0.05, 0.1) is 0 Å². The van der Waals surface area contributed by atoms with Gasteiger partial charge in [0.1, 0.15) is 0 Å². The van der Waals surface area contributed by atoms with E-state index in [0.717, 1.165) is 38.3 Å². The summed E-state index contributed by atoms with van der Waals surface area (Å²) in [6.45, 7) is 6.68. The average molecular weight is 298 g/mol. The monoisotopic (exact) mass is 298 g/mol. The molecule has 2 aromatic rings. The minimum atomic E-state index is -0.371. The second-order valence-corrected chi connectivity index (χ2v) is 5.56. The molecule has 0 N–H and O–H groups in total. The molecule has 116 valence electrons. The molecule has 22 heavy (non-hydrogen) atoms. The van der Waals surface area contributed by atoms with Gasteiger partial charge in [-0.3, -0.25) is 9.48 Å². The van der Waals surface area contributed by atoms with E-state index in [0.29, 0.717) is 0 Å². The van der Waals surface area contributed by atoms with Gasteiger partial charge in [-0.05, 0) is 18.2 Å². The maximum absolute atomic E-state index is 13.0. The summed E-state index contributed by atoms with van der Waals surface area (Å²) in [4.78, 5) is 17.4. The molecule has 0 bridgehead atoms. The van der Waals surface area contributed by atoms with Crippen LogP contribution in [0.1, 0.15) is 18.5 Å². The fraction of sp³-hybridized carbons (Fsp3) is 0.412. The van der Waals surface area contributed by atoms with Crippen molar-refractivity contribution < 1.29 is 4.79 Å². The Kier molecular flexibility index (Phi) is 4.53. The number of rotatable bonds is 4. The summed E-state index contributed by atoms with van der Waals surface area (Å²) in [5.74, 6) is 0.130. The van der Waals surface area contributed by atoms with Crippen molar-refractivity contribution >= 4 is 5.91 Å². The number of likely N-dealkylation sites (N-methyl/N-ethyl adjacent to an activating group) is 1. The van der Waals surface area contributed by atoms with Gasteiger partial charge in [0, 0.05) is 38.6 Å². The highest BCUT2D eigenvalue weighted by atomic mass is 16.2.